The van der Waals surface area contributed by atoms with Gasteiger partial charge in [-0.05, 0) is 67.8 Å². The molecule has 3 aromatic carbocycles. The van der Waals surface area contributed by atoms with Crippen LogP contribution in [0, 0.1) is 6.92 Å². The molecule has 0 saturated carbocycles. The summed E-state index contributed by atoms with van der Waals surface area (Å²) in [6.07, 6.45) is 1.73. The van der Waals surface area contributed by atoms with Gasteiger partial charge in [-0.3, -0.25) is 13.9 Å². The number of rotatable bonds is 12. The molecule has 208 valence electrons. The second-order valence-corrected chi connectivity index (χ2v) is 12.4. The van der Waals surface area contributed by atoms with Crippen LogP contribution in [0.3, 0.4) is 0 Å². The van der Waals surface area contributed by atoms with Gasteiger partial charge in [0.25, 0.3) is 10.0 Å². The second kappa shape index (κ2) is 14.0. The quantitative estimate of drug-likeness (QED) is 0.250. The Balaban J connectivity index is 2.03. The number of unbranched alkanes of at least 4 members (excludes halogenated alkanes) is 1. The van der Waals surface area contributed by atoms with E-state index in [1.54, 1.807) is 44.2 Å². The second-order valence-electron chi connectivity index (χ2n) is 9.23. The molecule has 0 saturated heterocycles. The van der Waals surface area contributed by atoms with Crippen LogP contribution in [0.1, 0.15) is 37.8 Å². The lowest BCUT2D eigenvalue weighted by atomic mass is 10.1. The summed E-state index contributed by atoms with van der Waals surface area (Å²) in [5.41, 5.74) is 1.72. The van der Waals surface area contributed by atoms with Gasteiger partial charge in [0.15, 0.2) is 0 Å². The van der Waals surface area contributed by atoms with Gasteiger partial charge in [0.1, 0.15) is 12.6 Å². The molecule has 0 aliphatic carbocycles. The first-order chi connectivity index (χ1) is 18.5. The fraction of sp³-hybridized carbons (Fsp3) is 0.310. The Morgan fingerprint density at radius 3 is 2.41 bits per heavy atom. The van der Waals surface area contributed by atoms with Crippen LogP contribution in [-0.4, -0.2) is 44.3 Å². The van der Waals surface area contributed by atoms with Gasteiger partial charge in [0.05, 0.1) is 10.6 Å². The molecule has 2 amide bonds. The molecule has 1 N–H and O–H groups in total. The van der Waals surface area contributed by atoms with E-state index in [0.29, 0.717) is 22.8 Å². The maximum atomic E-state index is 14.0. The molecule has 3 rings (SSSR count). The van der Waals surface area contributed by atoms with Gasteiger partial charge in [-0.15, -0.1) is 0 Å². The fourth-order valence-electron chi connectivity index (χ4n) is 4.03. The summed E-state index contributed by atoms with van der Waals surface area (Å²) in [7, 11) is -4.15. The van der Waals surface area contributed by atoms with Gasteiger partial charge < -0.3 is 10.2 Å². The predicted molar refractivity (Wildman–Crippen MR) is 159 cm³/mol. The Labute approximate surface area is 244 Å². The number of amides is 2. The molecule has 1 atom stereocenters. The summed E-state index contributed by atoms with van der Waals surface area (Å²) in [5, 5.41) is 3.22. The molecule has 0 fully saturated rings. The van der Waals surface area contributed by atoms with E-state index >= 15 is 0 Å². The molecule has 7 nitrogen and oxygen atoms in total. The van der Waals surface area contributed by atoms with E-state index in [-0.39, 0.29) is 17.3 Å². The van der Waals surface area contributed by atoms with Gasteiger partial charge in [0.2, 0.25) is 11.8 Å². The number of sulfonamides is 1. The van der Waals surface area contributed by atoms with Crippen LogP contribution >= 0.6 is 27.5 Å². The lowest BCUT2D eigenvalue weighted by Crippen LogP contribution is -2.51. The SMILES string of the molecule is CCCCNC(=O)[C@H](C)N(Cc1cccc(Br)c1)C(=O)CN(c1cc(Cl)ccc1C)S(=O)(=O)c1ccccc1. The monoisotopic (exact) mass is 633 g/mol. The first-order valence-corrected chi connectivity index (χ1v) is 15.3. The van der Waals surface area contributed by atoms with Crippen molar-refractivity contribution in [3.05, 3.63) is 93.4 Å². The first kappa shape index (κ1) is 30.7. The van der Waals surface area contributed by atoms with Gasteiger partial charge in [0, 0.05) is 22.6 Å². The largest absolute Gasteiger partial charge is 0.354 e. The van der Waals surface area contributed by atoms with Gasteiger partial charge in [-0.1, -0.05) is 77.3 Å². The average molecular weight is 635 g/mol. The molecule has 39 heavy (non-hydrogen) atoms. The number of hydrogen-bond donors (Lipinski definition) is 1. The number of carbonyl (C=O) groups excluding carboxylic acids is 2. The molecule has 0 aromatic heterocycles. The summed E-state index contributed by atoms with van der Waals surface area (Å²) in [5.74, 6) is -0.824. The molecule has 0 aliphatic heterocycles. The van der Waals surface area contributed by atoms with Crippen LogP contribution in [-0.2, 0) is 26.2 Å². The van der Waals surface area contributed by atoms with Crippen molar-refractivity contribution in [1.29, 1.82) is 0 Å². The van der Waals surface area contributed by atoms with Crippen molar-refractivity contribution in [3.8, 4) is 0 Å². The minimum Gasteiger partial charge on any atom is -0.354 e. The molecule has 0 unspecified atom stereocenters. The summed E-state index contributed by atoms with van der Waals surface area (Å²) in [6.45, 7) is 5.53. The van der Waals surface area contributed by atoms with Crippen molar-refractivity contribution >= 4 is 55.1 Å². The van der Waals surface area contributed by atoms with Crippen molar-refractivity contribution in [2.75, 3.05) is 17.4 Å². The van der Waals surface area contributed by atoms with Crippen LogP contribution in [0.15, 0.2) is 82.2 Å². The smallest absolute Gasteiger partial charge is 0.264 e. The van der Waals surface area contributed by atoms with Crippen molar-refractivity contribution < 1.29 is 18.0 Å². The van der Waals surface area contributed by atoms with E-state index in [1.165, 1.54) is 23.1 Å². The summed E-state index contributed by atoms with van der Waals surface area (Å²) < 4.78 is 29.6. The molecule has 0 heterocycles. The molecule has 0 spiro atoms. The topological polar surface area (TPSA) is 86.8 Å². The Kier molecular flexibility index (Phi) is 11.0. The van der Waals surface area contributed by atoms with E-state index in [4.69, 9.17) is 11.6 Å². The van der Waals surface area contributed by atoms with E-state index in [0.717, 1.165) is 27.2 Å². The van der Waals surface area contributed by atoms with Crippen molar-refractivity contribution in [2.45, 2.75) is 51.1 Å². The summed E-state index contributed by atoms with van der Waals surface area (Å²) in [4.78, 5) is 28.4. The van der Waals surface area contributed by atoms with Crippen LogP contribution in [0.4, 0.5) is 5.69 Å². The maximum absolute atomic E-state index is 14.0. The zero-order valence-electron chi connectivity index (χ0n) is 22.2. The number of hydrogen-bond acceptors (Lipinski definition) is 4. The third-order valence-corrected chi connectivity index (χ3v) is 8.79. The lowest BCUT2D eigenvalue weighted by Gasteiger charge is -2.32. The Morgan fingerprint density at radius 2 is 1.74 bits per heavy atom. The summed E-state index contributed by atoms with van der Waals surface area (Å²) >= 11 is 9.71. The number of nitrogens with one attached hydrogen (secondary N) is 1. The highest BCUT2D eigenvalue weighted by atomic mass is 79.9. The third-order valence-electron chi connectivity index (χ3n) is 6.29. The highest BCUT2D eigenvalue weighted by Crippen LogP contribution is 2.30. The molecule has 0 bridgehead atoms. The van der Waals surface area contributed by atoms with E-state index in [9.17, 15) is 18.0 Å². The third kappa shape index (κ3) is 8.06. The molecular formula is C29H33BrClN3O4S. The number of benzene rings is 3. The normalized spacial score (nSPS) is 12.0. The zero-order chi connectivity index (χ0) is 28.6. The standard InChI is InChI=1S/C29H33BrClN3O4S/c1-4-5-16-32-29(36)22(3)33(19-23-10-9-11-24(30)17-23)28(35)20-34(27-18-25(31)15-14-21(27)2)39(37,38)26-12-7-6-8-13-26/h6-15,17-18,22H,4-5,16,19-20H2,1-3H3,(H,32,36)/t22-/m0/s1. The Hall–Kier alpha value is -2.88. The highest BCUT2D eigenvalue weighted by Gasteiger charge is 2.33. The number of carbonyl (C=O) groups is 2. The Morgan fingerprint density at radius 1 is 1.03 bits per heavy atom. The molecule has 3 aromatic rings. The lowest BCUT2D eigenvalue weighted by molar-refractivity contribution is -0.139. The molecular weight excluding hydrogens is 602 g/mol. The van der Waals surface area contributed by atoms with Gasteiger partial charge in [-0.2, -0.15) is 0 Å². The van der Waals surface area contributed by atoms with Crippen molar-refractivity contribution in [1.82, 2.24) is 10.2 Å². The van der Waals surface area contributed by atoms with Crippen LogP contribution in [0.2, 0.25) is 5.02 Å². The van der Waals surface area contributed by atoms with Crippen molar-refractivity contribution in [3.63, 3.8) is 0 Å². The van der Waals surface area contributed by atoms with Crippen molar-refractivity contribution in [2.24, 2.45) is 0 Å². The zero-order valence-corrected chi connectivity index (χ0v) is 25.4. The summed E-state index contributed by atoms with van der Waals surface area (Å²) in [6, 6.07) is 19.4. The van der Waals surface area contributed by atoms with E-state index in [1.807, 2.05) is 31.2 Å². The highest BCUT2D eigenvalue weighted by molar-refractivity contribution is 9.10. The molecule has 0 aliphatic rings. The molecule has 0 radical (unpaired) electrons. The van der Waals surface area contributed by atoms with Gasteiger partial charge >= 0.3 is 0 Å². The predicted octanol–water partition coefficient (Wildman–Crippen LogP) is 5.94. The fourth-order valence-corrected chi connectivity index (χ4v) is 6.14. The Bertz CT molecular complexity index is 1400. The van der Waals surface area contributed by atoms with Crippen LogP contribution in [0.25, 0.3) is 0 Å². The number of anilines is 1. The van der Waals surface area contributed by atoms with E-state index < -0.39 is 28.5 Å². The first-order valence-electron chi connectivity index (χ1n) is 12.7. The number of nitrogens with zero attached hydrogens (tertiary/aromatic N) is 2. The van der Waals surface area contributed by atoms with E-state index in [2.05, 4.69) is 21.2 Å². The minimum absolute atomic E-state index is 0.0427. The molecule has 10 heteroatoms. The maximum Gasteiger partial charge on any atom is 0.264 e. The van der Waals surface area contributed by atoms with Gasteiger partial charge in [-0.25, -0.2) is 8.42 Å². The van der Waals surface area contributed by atoms with Crippen LogP contribution < -0.4 is 9.62 Å². The number of halogens is 2. The van der Waals surface area contributed by atoms with Crippen LogP contribution in [0.5, 0.6) is 0 Å². The average Bonchev–Trinajstić information content (AvgIpc) is 2.92. The number of aryl methyl sites for hydroxylation is 1. The minimum atomic E-state index is -4.15.